The molecule has 4 fully saturated rings. The van der Waals surface area contributed by atoms with Crippen LogP contribution in [0.2, 0.25) is 0 Å². The van der Waals surface area contributed by atoms with Crippen LogP contribution in [0, 0.1) is 11.8 Å². The Labute approximate surface area is 363 Å². The van der Waals surface area contributed by atoms with Crippen molar-refractivity contribution >= 4 is 0 Å². The van der Waals surface area contributed by atoms with Gasteiger partial charge in [-0.2, -0.15) is 10.1 Å². The van der Waals surface area contributed by atoms with Crippen molar-refractivity contribution in [2.45, 2.75) is 179 Å². The summed E-state index contributed by atoms with van der Waals surface area (Å²) >= 11 is 0. The molecular formula is C50H80N2O8. The van der Waals surface area contributed by atoms with Gasteiger partial charge in [-0.3, -0.25) is 9.68 Å². The summed E-state index contributed by atoms with van der Waals surface area (Å²) in [5.41, 5.74) is 1.59. The lowest BCUT2D eigenvalue weighted by Crippen LogP contribution is -2.71. The van der Waals surface area contributed by atoms with Crippen LogP contribution in [-0.2, 0) is 50.9 Å². The van der Waals surface area contributed by atoms with Gasteiger partial charge in [0.05, 0.1) is 50.7 Å². The maximum Gasteiger partial charge on any atom is 0.175 e. The molecule has 0 radical (unpaired) electrons. The quantitative estimate of drug-likeness (QED) is 0.114. The van der Waals surface area contributed by atoms with Crippen molar-refractivity contribution < 1.29 is 38.1 Å². The van der Waals surface area contributed by atoms with Gasteiger partial charge in [-0.1, -0.05) is 102 Å². The molecule has 6 rings (SSSR count). The Morgan fingerprint density at radius 3 is 1.28 bits per heavy atom. The zero-order valence-electron chi connectivity index (χ0n) is 39.0. The molecule has 0 N–H and O–H groups in total. The van der Waals surface area contributed by atoms with Crippen molar-refractivity contribution in [3.63, 3.8) is 0 Å². The van der Waals surface area contributed by atoms with Gasteiger partial charge in [0.15, 0.2) is 11.6 Å². The fraction of sp³-hybridized carbons (Fsp3) is 0.760. The third-order valence-corrected chi connectivity index (χ3v) is 15.4. The Hall–Kier alpha value is -1.96. The molecule has 0 amide bonds. The van der Waals surface area contributed by atoms with Crippen molar-refractivity contribution in [3.05, 3.63) is 71.8 Å². The Bertz CT molecular complexity index is 1490. The molecule has 4 heterocycles. The number of nitrogens with zero attached hydrogens (tertiary/aromatic N) is 2. The van der Waals surface area contributed by atoms with Gasteiger partial charge >= 0.3 is 0 Å². The van der Waals surface area contributed by atoms with Gasteiger partial charge in [-0.05, 0) is 90.2 Å². The number of hydroxylamine groups is 4. The first-order chi connectivity index (χ1) is 28.8. The zero-order chi connectivity index (χ0) is 43.1. The molecule has 2 aromatic rings. The first-order valence-electron chi connectivity index (χ1n) is 23.5. The Kier molecular flexibility index (Phi) is 16.0. The van der Waals surface area contributed by atoms with Gasteiger partial charge < -0.3 is 28.4 Å². The predicted octanol–water partition coefficient (Wildman–Crippen LogP) is 9.73. The highest BCUT2D eigenvalue weighted by atomic mass is 16.8. The second-order valence-corrected chi connectivity index (χ2v) is 19.2. The summed E-state index contributed by atoms with van der Waals surface area (Å²) in [5.74, 6) is -1.14. The number of piperidine rings is 2. The standard InChI is InChI=1S/C50H80N2O8/c1-11-45(7)37-49(39(5)47(9,13-3)51(45)57-31-27-41-23-17-15-18-24-41)55-35-43(59-49)33-53-29-21-22-30-54-34-44-36-56-50(60-44)38-46(8,12-2)52(48(10,14-4)40(50)6)58-32-28-42-25-19-16-20-26-42/h15-20,23-26,39-40,43-44H,11-14,21-22,27-38H2,1-10H3. The minimum atomic E-state index is -0.670. The van der Waals surface area contributed by atoms with Gasteiger partial charge in [0.1, 0.15) is 12.2 Å². The average Bonchev–Trinajstić information content (AvgIpc) is 3.87. The molecule has 10 heteroatoms. The molecule has 0 bridgehead atoms. The summed E-state index contributed by atoms with van der Waals surface area (Å²) in [5, 5.41) is 4.61. The Morgan fingerprint density at radius 2 is 0.933 bits per heavy atom. The predicted molar refractivity (Wildman–Crippen MR) is 236 cm³/mol. The maximum absolute atomic E-state index is 6.87. The van der Waals surface area contributed by atoms with Gasteiger partial charge in [-0.25, -0.2) is 0 Å². The third-order valence-electron chi connectivity index (χ3n) is 15.4. The van der Waals surface area contributed by atoms with Crippen LogP contribution in [0.25, 0.3) is 0 Å². The smallest absolute Gasteiger partial charge is 0.175 e. The minimum Gasteiger partial charge on any atom is -0.379 e. The van der Waals surface area contributed by atoms with Crippen molar-refractivity contribution in [3.8, 4) is 0 Å². The van der Waals surface area contributed by atoms with Crippen LogP contribution in [0.4, 0.5) is 0 Å². The van der Waals surface area contributed by atoms with Crippen LogP contribution in [0.5, 0.6) is 0 Å². The SMILES string of the molecule is CCC1(C)CC2(OCC(COCCCCOCC3COC4(CC(C)(CC)N(OCCc5ccccc5)C(C)(CC)C4C)O3)O2)C(C)C(C)(CC)N1OCCc1ccccc1. The fourth-order valence-electron chi connectivity index (χ4n) is 10.7. The first kappa shape index (κ1) is 47.5. The lowest BCUT2D eigenvalue weighted by Gasteiger charge is -2.61. The van der Waals surface area contributed by atoms with E-state index in [2.05, 4.69) is 140 Å². The van der Waals surface area contributed by atoms with E-state index in [1.54, 1.807) is 0 Å². The molecule has 4 saturated heterocycles. The number of unbranched alkanes of at least 4 members (excludes halogenated alkanes) is 1. The van der Waals surface area contributed by atoms with Gasteiger partial charge in [0.2, 0.25) is 0 Å². The van der Waals surface area contributed by atoms with Crippen LogP contribution < -0.4 is 0 Å². The molecule has 0 aliphatic carbocycles. The lowest BCUT2D eigenvalue weighted by atomic mass is 9.67. The van der Waals surface area contributed by atoms with E-state index in [0.29, 0.717) is 52.9 Å². The zero-order valence-corrected chi connectivity index (χ0v) is 39.0. The number of rotatable bonds is 21. The third kappa shape index (κ3) is 9.89. The van der Waals surface area contributed by atoms with E-state index in [9.17, 15) is 0 Å². The molecule has 10 nitrogen and oxygen atoms in total. The second kappa shape index (κ2) is 20.3. The number of ether oxygens (including phenoxy) is 6. The van der Waals surface area contributed by atoms with Gasteiger partial charge in [0.25, 0.3) is 0 Å². The van der Waals surface area contributed by atoms with E-state index in [0.717, 1.165) is 64.2 Å². The fourth-order valence-corrected chi connectivity index (χ4v) is 10.7. The van der Waals surface area contributed by atoms with Crippen molar-refractivity contribution in [2.75, 3.05) is 52.9 Å². The molecule has 0 aromatic heterocycles. The van der Waals surface area contributed by atoms with Gasteiger partial charge in [0, 0.05) is 49.0 Å². The van der Waals surface area contributed by atoms with Crippen molar-refractivity contribution in [1.82, 2.24) is 10.1 Å². The highest BCUT2D eigenvalue weighted by molar-refractivity contribution is 5.16. The summed E-state index contributed by atoms with van der Waals surface area (Å²) in [6.07, 6.45) is 8.60. The van der Waals surface area contributed by atoms with E-state index < -0.39 is 11.6 Å². The molecule has 4 aliphatic rings. The van der Waals surface area contributed by atoms with E-state index in [1.165, 1.54) is 11.1 Å². The largest absolute Gasteiger partial charge is 0.379 e. The monoisotopic (exact) mass is 837 g/mol. The van der Waals surface area contributed by atoms with E-state index >= 15 is 0 Å². The molecule has 10 atom stereocenters. The van der Waals surface area contributed by atoms with Crippen LogP contribution in [0.3, 0.4) is 0 Å². The highest BCUT2D eigenvalue weighted by Crippen LogP contribution is 2.55. The summed E-state index contributed by atoms with van der Waals surface area (Å²) in [6, 6.07) is 21.2. The molecule has 10 unspecified atom stereocenters. The highest BCUT2D eigenvalue weighted by Gasteiger charge is 2.65. The number of hydrogen-bond acceptors (Lipinski definition) is 10. The second-order valence-electron chi connectivity index (χ2n) is 19.2. The normalized spacial score (nSPS) is 37.4. The van der Waals surface area contributed by atoms with Crippen molar-refractivity contribution in [1.29, 1.82) is 0 Å². The molecular weight excluding hydrogens is 757 g/mol. The summed E-state index contributed by atoms with van der Waals surface area (Å²) in [6.45, 7) is 27.5. The van der Waals surface area contributed by atoms with Crippen molar-refractivity contribution in [2.24, 2.45) is 11.8 Å². The van der Waals surface area contributed by atoms with E-state index in [1.807, 2.05) is 0 Å². The summed E-state index contributed by atoms with van der Waals surface area (Å²) < 4.78 is 39.4. The van der Waals surface area contributed by atoms with E-state index in [-0.39, 0.29) is 46.2 Å². The maximum atomic E-state index is 6.87. The molecule has 0 saturated carbocycles. The first-order valence-corrected chi connectivity index (χ1v) is 23.5. The topological polar surface area (TPSA) is 80.3 Å². The lowest BCUT2D eigenvalue weighted by molar-refractivity contribution is -0.368. The molecule has 4 aliphatic heterocycles. The minimum absolute atomic E-state index is 0.0949. The number of benzene rings is 2. The Balaban J connectivity index is 0.913. The Morgan fingerprint density at radius 1 is 0.550 bits per heavy atom. The molecule has 60 heavy (non-hydrogen) atoms. The average molecular weight is 837 g/mol. The van der Waals surface area contributed by atoms with Crippen LogP contribution in [-0.4, -0.2) is 109 Å². The molecule has 2 spiro atoms. The van der Waals surface area contributed by atoms with Crippen LogP contribution in [0.1, 0.15) is 132 Å². The summed E-state index contributed by atoms with van der Waals surface area (Å²) in [4.78, 5) is 13.4. The van der Waals surface area contributed by atoms with Crippen LogP contribution in [0.15, 0.2) is 60.7 Å². The number of hydrogen-bond donors (Lipinski definition) is 0. The van der Waals surface area contributed by atoms with E-state index in [4.69, 9.17) is 38.1 Å². The van der Waals surface area contributed by atoms with Crippen LogP contribution >= 0.6 is 0 Å². The molecule has 2 aromatic carbocycles. The van der Waals surface area contributed by atoms with Gasteiger partial charge in [-0.15, -0.1) is 0 Å². The molecule has 338 valence electrons. The summed E-state index contributed by atoms with van der Waals surface area (Å²) in [7, 11) is 0.